The van der Waals surface area contributed by atoms with Gasteiger partial charge >= 0.3 is 0 Å². The Morgan fingerprint density at radius 3 is 2.29 bits per heavy atom. The standard InChI is InChI=1S/C15H14BrF3N2/c16-10-4-5-13(17)9(6-10)7-11(21-20)8-12-14(18)2-1-3-15(12)19/h1-6,11,21H,7-8,20H2. The van der Waals surface area contributed by atoms with Crippen molar-refractivity contribution in [2.45, 2.75) is 18.9 Å². The molecule has 2 aromatic rings. The molecule has 0 aliphatic rings. The lowest BCUT2D eigenvalue weighted by molar-refractivity contribution is 0.476. The van der Waals surface area contributed by atoms with Crippen LogP contribution in [0.3, 0.4) is 0 Å². The van der Waals surface area contributed by atoms with E-state index in [1.807, 2.05) is 0 Å². The average Bonchev–Trinajstić information content (AvgIpc) is 2.45. The first-order chi connectivity index (χ1) is 10.0. The van der Waals surface area contributed by atoms with Crippen molar-refractivity contribution in [2.24, 2.45) is 5.84 Å². The van der Waals surface area contributed by atoms with Gasteiger partial charge in [0.2, 0.25) is 0 Å². The molecule has 0 bridgehead atoms. The van der Waals surface area contributed by atoms with Crippen molar-refractivity contribution in [3.63, 3.8) is 0 Å². The van der Waals surface area contributed by atoms with Crippen LogP contribution in [0.15, 0.2) is 40.9 Å². The van der Waals surface area contributed by atoms with Gasteiger partial charge in [0.05, 0.1) is 0 Å². The molecule has 2 rings (SSSR count). The van der Waals surface area contributed by atoms with Crippen molar-refractivity contribution < 1.29 is 13.2 Å². The summed E-state index contributed by atoms with van der Waals surface area (Å²) in [7, 11) is 0. The van der Waals surface area contributed by atoms with Gasteiger partial charge in [-0.1, -0.05) is 22.0 Å². The third-order valence-corrected chi connectivity index (χ3v) is 3.72. The maximum atomic E-state index is 13.7. The SMILES string of the molecule is NNC(Cc1cc(Br)ccc1F)Cc1c(F)cccc1F. The van der Waals surface area contributed by atoms with Crippen LogP contribution >= 0.6 is 15.9 Å². The number of halogens is 4. The molecule has 0 heterocycles. The average molecular weight is 359 g/mol. The second kappa shape index (κ2) is 7.06. The number of hydrazine groups is 1. The van der Waals surface area contributed by atoms with Crippen LogP contribution in [-0.4, -0.2) is 6.04 Å². The Labute approximate surface area is 129 Å². The van der Waals surface area contributed by atoms with Gasteiger partial charge in [0, 0.05) is 16.1 Å². The highest BCUT2D eigenvalue weighted by molar-refractivity contribution is 9.10. The molecule has 0 amide bonds. The minimum absolute atomic E-state index is 0.0287. The van der Waals surface area contributed by atoms with Crippen LogP contribution in [0.4, 0.5) is 13.2 Å². The first-order valence-electron chi connectivity index (χ1n) is 6.34. The van der Waals surface area contributed by atoms with E-state index in [-0.39, 0.29) is 24.2 Å². The number of nitrogens with one attached hydrogen (secondary N) is 1. The van der Waals surface area contributed by atoms with Crippen LogP contribution < -0.4 is 11.3 Å². The largest absolute Gasteiger partial charge is 0.271 e. The second-order valence-corrected chi connectivity index (χ2v) is 5.62. The number of nitrogens with two attached hydrogens (primary N) is 1. The summed E-state index contributed by atoms with van der Waals surface area (Å²) in [6.07, 6.45) is 0.247. The molecule has 2 aromatic carbocycles. The summed E-state index contributed by atoms with van der Waals surface area (Å²) in [6, 6.07) is 7.72. The zero-order valence-electron chi connectivity index (χ0n) is 11.0. The molecule has 2 nitrogen and oxygen atoms in total. The molecule has 3 N–H and O–H groups in total. The van der Waals surface area contributed by atoms with Crippen molar-refractivity contribution in [1.29, 1.82) is 0 Å². The molecular weight excluding hydrogens is 345 g/mol. The second-order valence-electron chi connectivity index (χ2n) is 4.71. The molecule has 21 heavy (non-hydrogen) atoms. The Bertz CT molecular complexity index is 614. The highest BCUT2D eigenvalue weighted by Crippen LogP contribution is 2.19. The number of hydrogen-bond acceptors (Lipinski definition) is 2. The molecule has 0 saturated heterocycles. The van der Waals surface area contributed by atoms with Gasteiger partial charge in [-0.25, -0.2) is 13.2 Å². The van der Waals surface area contributed by atoms with E-state index in [2.05, 4.69) is 21.4 Å². The van der Waals surface area contributed by atoms with E-state index in [0.29, 0.717) is 5.56 Å². The fourth-order valence-electron chi connectivity index (χ4n) is 2.13. The molecule has 0 saturated carbocycles. The summed E-state index contributed by atoms with van der Waals surface area (Å²) in [5.41, 5.74) is 2.85. The van der Waals surface area contributed by atoms with E-state index < -0.39 is 17.7 Å². The Hall–Kier alpha value is -1.37. The van der Waals surface area contributed by atoms with Crippen molar-refractivity contribution in [2.75, 3.05) is 0 Å². The van der Waals surface area contributed by atoms with Gasteiger partial charge in [-0.2, -0.15) is 0 Å². The molecule has 0 aliphatic heterocycles. The molecule has 112 valence electrons. The highest BCUT2D eigenvalue weighted by Gasteiger charge is 2.17. The van der Waals surface area contributed by atoms with E-state index in [1.54, 1.807) is 12.1 Å². The lowest BCUT2D eigenvalue weighted by atomic mass is 9.98. The van der Waals surface area contributed by atoms with E-state index in [1.165, 1.54) is 24.3 Å². The van der Waals surface area contributed by atoms with Gasteiger partial charge in [0.15, 0.2) is 0 Å². The molecular formula is C15H14BrF3N2. The molecule has 0 aromatic heterocycles. The van der Waals surface area contributed by atoms with Gasteiger partial charge in [-0.05, 0) is 48.7 Å². The first-order valence-corrected chi connectivity index (χ1v) is 7.13. The minimum atomic E-state index is -0.634. The summed E-state index contributed by atoms with van der Waals surface area (Å²) in [5.74, 6) is 3.78. The predicted molar refractivity (Wildman–Crippen MR) is 79.0 cm³/mol. The highest BCUT2D eigenvalue weighted by atomic mass is 79.9. The van der Waals surface area contributed by atoms with Crippen LogP contribution in [0.2, 0.25) is 0 Å². The van der Waals surface area contributed by atoms with Crippen LogP contribution in [-0.2, 0) is 12.8 Å². The lowest BCUT2D eigenvalue weighted by Gasteiger charge is -2.17. The maximum absolute atomic E-state index is 13.7. The summed E-state index contributed by atoms with van der Waals surface area (Å²) < 4.78 is 41.7. The summed E-state index contributed by atoms with van der Waals surface area (Å²) in [5, 5.41) is 0. The lowest BCUT2D eigenvalue weighted by Crippen LogP contribution is -2.39. The van der Waals surface area contributed by atoms with Crippen LogP contribution in [0, 0.1) is 17.5 Å². The fraction of sp³-hybridized carbons (Fsp3) is 0.200. The summed E-state index contributed by atoms with van der Waals surface area (Å²) in [4.78, 5) is 0. The van der Waals surface area contributed by atoms with Crippen molar-refractivity contribution in [3.8, 4) is 0 Å². The van der Waals surface area contributed by atoms with Crippen molar-refractivity contribution >= 4 is 15.9 Å². The Balaban J connectivity index is 2.19. The monoisotopic (exact) mass is 358 g/mol. The molecule has 0 fully saturated rings. The topological polar surface area (TPSA) is 38.0 Å². The Morgan fingerprint density at radius 2 is 1.67 bits per heavy atom. The van der Waals surface area contributed by atoms with Crippen LogP contribution in [0.5, 0.6) is 0 Å². The van der Waals surface area contributed by atoms with Crippen molar-refractivity contribution in [1.82, 2.24) is 5.43 Å². The number of rotatable bonds is 5. The van der Waals surface area contributed by atoms with Crippen LogP contribution in [0.1, 0.15) is 11.1 Å². The van der Waals surface area contributed by atoms with Gasteiger partial charge in [-0.15, -0.1) is 0 Å². The van der Waals surface area contributed by atoms with E-state index in [9.17, 15) is 13.2 Å². The van der Waals surface area contributed by atoms with E-state index in [0.717, 1.165) is 4.47 Å². The molecule has 6 heteroatoms. The smallest absolute Gasteiger partial charge is 0.129 e. The van der Waals surface area contributed by atoms with Crippen LogP contribution in [0.25, 0.3) is 0 Å². The van der Waals surface area contributed by atoms with Gasteiger partial charge in [-0.3, -0.25) is 11.3 Å². The maximum Gasteiger partial charge on any atom is 0.129 e. The van der Waals surface area contributed by atoms with Crippen molar-refractivity contribution in [3.05, 3.63) is 69.4 Å². The van der Waals surface area contributed by atoms with Gasteiger partial charge in [0.25, 0.3) is 0 Å². The third-order valence-electron chi connectivity index (χ3n) is 3.22. The van der Waals surface area contributed by atoms with Gasteiger partial charge in [0.1, 0.15) is 17.5 Å². The molecule has 0 aliphatic carbocycles. The van der Waals surface area contributed by atoms with E-state index in [4.69, 9.17) is 5.84 Å². The molecule has 0 spiro atoms. The minimum Gasteiger partial charge on any atom is -0.271 e. The first kappa shape index (κ1) is 16.0. The quantitative estimate of drug-likeness (QED) is 0.634. The van der Waals surface area contributed by atoms with E-state index >= 15 is 0 Å². The zero-order chi connectivity index (χ0) is 15.4. The number of hydrogen-bond donors (Lipinski definition) is 2. The summed E-state index contributed by atoms with van der Waals surface area (Å²) in [6.45, 7) is 0. The molecule has 0 radical (unpaired) electrons. The molecule has 1 unspecified atom stereocenters. The third kappa shape index (κ3) is 4.06. The van der Waals surface area contributed by atoms with Gasteiger partial charge < -0.3 is 0 Å². The Kier molecular flexibility index (Phi) is 5.39. The predicted octanol–water partition coefficient (Wildman–Crippen LogP) is 3.48. The Morgan fingerprint density at radius 1 is 1.00 bits per heavy atom. The molecule has 1 atom stereocenters. The fourth-order valence-corrected chi connectivity index (χ4v) is 2.54. The normalized spacial score (nSPS) is 12.4. The zero-order valence-corrected chi connectivity index (χ0v) is 12.6. The summed E-state index contributed by atoms with van der Waals surface area (Å²) >= 11 is 3.26. The number of benzene rings is 2.